The van der Waals surface area contributed by atoms with Gasteiger partial charge in [0.2, 0.25) is 0 Å². The van der Waals surface area contributed by atoms with Gasteiger partial charge in [0.1, 0.15) is 0 Å². The summed E-state index contributed by atoms with van der Waals surface area (Å²) < 4.78 is 4.85. The molecule has 2 aromatic rings. The Labute approximate surface area is 159 Å². The number of methoxy groups -OCH3 is 1. The molecule has 4 heteroatoms. The van der Waals surface area contributed by atoms with Crippen molar-refractivity contribution in [3.63, 3.8) is 0 Å². The van der Waals surface area contributed by atoms with Gasteiger partial charge in [0.05, 0.1) is 24.9 Å². The molecule has 27 heavy (non-hydrogen) atoms. The standard InChI is InChI=1S/C23H26O4/c1-27-22(26)16-7-8-20-19(11-16)21(25)13-17-12-18(24)9-10-23(17,20)14-15-5-3-2-4-6-15/h2-8,11,17-18,21,24-25H,9-10,12-14H2,1H3. The van der Waals surface area contributed by atoms with Crippen molar-refractivity contribution in [3.8, 4) is 0 Å². The van der Waals surface area contributed by atoms with E-state index in [0.717, 1.165) is 30.4 Å². The van der Waals surface area contributed by atoms with E-state index < -0.39 is 6.10 Å². The van der Waals surface area contributed by atoms with Gasteiger partial charge in [0.15, 0.2) is 0 Å². The molecule has 1 saturated carbocycles. The molecule has 0 saturated heterocycles. The molecule has 2 aliphatic carbocycles. The molecule has 0 bridgehead atoms. The van der Waals surface area contributed by atoms with E-state index in [4.69, 9.17) is 4.74 Å². The molecular formula is C23H26O4. The van der Waals surface area contributed by atoms with Crippen LogP contribution in [0, 0.1) is 5.92 Å². The largest absolute Gasteiger partial charge is 0.465 e. The monoisotopic (exact) mass is 366 g/mol. The molecule has 2 aliphatic rings. The van der Waals surface area contributed by atoms with Crippen molar-refractivity contribution in [2.45, 2.75) is 49.7 Å². The molecule has 4 nitrogen and oxygen atoms in total. The number of hydrogen-bond donors (Lipinski definition) is 2. The number of fused-ring (bicyclic) bond motifs is 3. The van der Waals surface area contributed by atoms with Crippen LogP contribution in [-0.2, 0) is 16.6 Å². The summed E-state index contributed by atoms with van der Waals surface area (Å²) in [6.45, 7) is 0. The summed E-state index contributed by atoms with van der Waals surface area (Å²) in [6, 6.07) is 16.0. The van der Waals surface area contributed by atoms with Crippen LogP contribution >= 0.6 is 0 Å². The van der Waals surface area contributed by atoms with E-state index in [1.165, 1.54) is 12.7 Å². The zero-order valence-corrected chi connectivity index (χ0v) is 15.6. The average molecular weight is 366 g/mol. The third-order valence-corrected chi connectivity index (χ3v) is 6.50. The molecule has 142 valence electrons. The van der Waals surface area contributed by atoms with Gasteiger partial charge in [-0.25, -0.2) is 4.79 Å². The van der Waals surface area contributed by atoms with Crippen LogP contribution in [0.3, 0.4) is 0 Å². The van der Waals surface area contributed by atoms with Gasteiger partial charge >= 0.3 is 5.97 Å². The van der Waals surface area contributed by atoms with Crippen molar-refractivity contribution in [2.24, 2.45) is 5.92 Å². The molecule has 2 N–H and O–H groups in total. The van der Waals surface area contributed by atoms with Gasteiger partial charge in [-0.1, -0.05) is 36.4 Å². The number of rotatable bonds is 3. The molecule has 2 aromatic carbocycles. The Morgan fingerprint density at radius 2 is 1.93 bits per heavy atom. The fourth-order valence-corrected chi connectivity index (χ4v) is 5.20. The van der Waals surface area contributed by atoms with Crippen LogP contribution < -0.4 is 0 Å². The summed E-state index contributed by atoms with van der Waals surface area (Å²) in [4.78, 5) is 12.0. The predicted octanol–water partition coefficient (Wildman–Crippen LogP) is 3.55. The van der Waals surface area contributed by atoms with Gasteiger partial charge in [0, 0.05) is 5.41 Å². The number of esters is 1. The lowest BCUT2D eigenvalue weighted by atomic mass is 9.54. The van der Waals surface area contributed by atoms with Crippen LogP contribution in [0.1, 0.15) is 58.8 Å². The van der Waals surface area contributed by atoms with Crippen molar-refractivity contribution in [1.29, 1.82) is 0 Å². The van der Waals surface area contributed by atoms with Gasteiger partial charge < -0.3 is 14.9 Å². The summed E-state index contributed by atoms with van der Waals surface area (Å²) in [5.41, 5.74) is 3.57. The molecular weight excluding hydrogens is 340 g/mol. The Balaban J connectivity index is 1.82. The van der Waals surface area contributed by atoms with Crippen molar-refractivity contribution >= 4 is 5.97 Å². The minimum Gasteiger partial charge on any atom is -0.465 e. The van der Waals surface area contributed by atoms with Crippen molar-refractivity contribution in [1.82, 2.24) is 0 Å². The molecule has 4 unspecified atom stereocenters. The third-order valence-electron chi connectivity index (χ3n) is 6.50. The number of aliphatic hydroxyl groups excluding tert-OH is 2. The maximum atomic E-state index is 12.0. The highest BCUT2D eigenvalue weighted by Gasteiger charge is 2.49. The SMILES string of the molecule is COC(=O)c1ccc2c(c1)C(O)CC1CC(O)CCC21Cc1ccccc1. The Morgan fingerprint density at radius 1 is 1.15 bits per heavy atom. The number of benzene rings is 2. The van der Waals surface area contributed by atoms with Crippen LogP contribution in [0.2, 0.25) is 0 Å². The topological polar surface area (TPSA) is 66.8 Å². The second kappa shape index (κ2) is 7.10. The van der Waals surface area contributed by atoms with Crippen molar-refractivity contribution < 1.29 is 19.7 Å². The molecule has 0 aliphatic heterocycles. The normalized spacial score (nSPS) is 29.5. The van der Waals surface area contributed by atoms with Crippen LogP contribution in [0.5, 0.6) is 0 Å². The number of carbonyl (C=O) groups excluding carboxylic acids is 1. The first-order valence-electron chi connectivity index (χ1n) is 9.66. The van der Waals surface area contributed by atoms with Crippen LogP contribution in [-0.4, -0.2) is 29.4 Å². The Bertz CT molecular complexity index is 832. The zero-order chi connectivity index (χ0) is 19.0. The smallest absolute Gasteiger partial charge is 0.337 e. The Kier molecular flexibility index (Phi) is 4.79. The van der Waals surface area contributed by atoms with Gasteiger partial charge in [-0.15, -0.1) is 0 Å². The molecule has 1 fully saturated rings. The Hall–Kier alpha value is -2.17. The second-order valence-corrected chi connectivity index (χ2v) is 7.99. The van der Waals surface area contributed by atoms with Gasteiger partial charge in [-0.05, 0) is 66.8 Å². The fourth-order valence-electron chi connectivity index (χ4n) is 5.20. The van der Waals surface area contributed by atoms with E-state index in [1.54, 1.807) is 12.1 Å². The van der Waals surface area contributed by atoms with Crippen LogP contribution in [0.4, 0.5) is 0 Å². The van der Waals surface area contributed by atoms with E-state index in [1.807, 2.05) is 12.1 Å². The number of ether oxygens (including phenoxy) is 1. The predicted molar refractivity (Wildman–Crippen MR) is 103 cm³/mol. The number of carbonyl (C=O) groups is 1. The highest BCUT2D eigenvalue weighted by molar-refractivity contribution is 5.89. The minimum atomic E-state index is -0.621. The molecule has 0 heterocycles. The lowest BCUT2D eigenvalue weighted by Gasteiger charge is -2.51. The van der Waals surface area contributed by atoms with Crippen molar-refractivity contribution in [2.75, 3.05) is 7.11 Å². The molecule has 0 aromatic heterocycles. The second-order valence-electron chi connectivity index (χ2n) is 7.99. The minimum absolute atomic E-state index is 0.121. The highest BCUT2D eigenvalue weighted by Crippen LogP contribution is 2.54. The summed E-state index contributed by atoms with van der Waals surface area (Å²) in [5.74, 6) is -0.170. The molecule has 0 radical (unpaired) electrons. The summed E-state index contributed by atoms with van der Waals surface area (Å²) in [7, 11) is 1.37. The van der Waals surface area contributed by atoms with Crippen molar-refractivity contribution in [3.05, 3.63) is 70.8 Å². The first-order chi connectivity index (χ1) is 13.0. The molecule has 4 atom stereocenters. The van der Waals surface area contributed by atoms with E-state index in [-0.39, 0.29) is 23.4 Å². The quantitative estimate of drug-likeness (QED) is 0.815. The number of hydrogen-bond acceptors (Lipinski definition) is 4. The van der Waals surface area contributed by atoms with Gasteiger partial charge in [-0.3, -0.25) is 0 Å². The van der Waals surface area contributed by atoms with Gasteiger partial charge in [0.25, 0.3) is 0 Å². The van der Waals surface area contributed by atoms with E-state index >= 15 is 0 Å². The lowest BCUT2D eigenvalue weighted by molar-refractivity contribution is 0.00727. The zero-order valence-electron chi connectivity index (χ0n) is 15.6. The lowest BCUT2D eigenvalue weighted by Crippen LogP contribution is -2.47. The first-order valence-corrected chi connectivity index (χ1v) is 9.66. The van der Waals surface area contributed by atoms with Gasteiger partial charge in [-0.2, -0.15) is 0 Å². The summed E-state index contributed by atoms with van der Waals surface area (Å²) in [5, 5.41) is 21.1. The average Bonchev–Trinajstić information content (AvgIpc) is 2.69. The highest BCUT2D eigenvalue weighted by atomic mass is 16.5. The first kappa shape index (κ1) is 18.2. The third kappa shape index (κ3) is 3.17. The number of aliphatic hydroxyl groups is 2. The molecule has 4 rings (SSSR count). The molecule has 0 amide bonds. The van der Waals surface area contributed by atoms with E-state index in [9.17, 15) is 15.0 Å². The van der Waals surface area contributed by atoms with E-state index in [2.05, 4.69) is 24.3 Å². The van der Waals surface area contributed by atoms with Crippen LogP contribution in [0.15, 0.2) is 48.5 Å². The summed E-state index contributed by atoms with van der Waals surface area (Å²) in [6.07, 6.45) is 2.92. The fraction of sp³-hybridized carbons (Fsp3) is 0.435. The van der Waals surface area contributed by atoms with Crippen LogP contribution in [0.25, 0.3) is 0 Å². The van der Waals surface area contributed by atoms with E-state index in [0.29, 0.717) is 18.4 Å². The maximum Gasteiger partial charge on any atom is 0.337 e. The summed E-state index contributed by atoms with van der Waals surface area (Å²) >= 11 is 0. The Morgan fingerprint density at radius 3 is 2.67 bits per heavy atom. The maximum absolute atomic E-state index is 12.0. The molecule has 0 spiro atoms.